The first kappa shape index (κ1) is 14.5. The number of nitrogens with zero attached hydrogens (tertiary/aromatic N) is 2. The van der Waals surface area contributed by atoms with E-state index in [4.69, 9.17) is 4.42 Å². The summed E-state index contributed by atoms with van der Waals surface area (Å²) in [6.45, 7) is 4.41. The SMILES string of the molecule is CCNc1ccc(S(=O)(=O)NCc2ncc(C)o2)cn1. The fraction of sp³-hybridized carbons (Fsp3) is 0.333. The average molecular weight is 296 g/mol. The Balaban J connectivity index is 2.05. The maximum absolute atomic E-state index is 12.0. The van der Waals surface area contributed by atoms with E-state index in [0.29, 0.717) is 17.5 Å². The summed E-state index contributed by atoms with van der Waals surface area (Å²) in [5.74, 6) is 1.59. The number of hydrogen-bond acceptors (Lipinski definition) is 6. The molecule has 2 N–H and O–H groups in total. The lowest BCUT2D eigenvalue weighted by atomic mass is 10.4. The molecule has 0 atom stereocenters. The largest absolute Gasteiger partial charge is 0.445 e. The number of pyridine rings is 1. The molecule has 8 heteroatoms. The van der Waals surface area contributed by atoms with Gasteiger partial charge in [-0.15, -0.1) is 0 Å². The van der Waals surface area contributed by atoms with E-state index in [9.17, 15) is 8.42 Å². The number of aromatic nitrogens is 2. The highest BCUT2D eigenvalue weighted by Gasteiger charge is 2.15. The van der Waals surface area contributed by atoms with Crippen LogP contribution in [-0.2, 0) is 16.6 Å². The standard InChI is InChI=1S/C12H16N4O3S/c1-3-13-11-5-4-10(7-14-11)20(17,18)16-8-12-15-6-9(2)19-12/h4-7,16H,3,8H2,1-2H3,(H,13,14). The third-order valence-electron chi connectivity index (χ3n) is 2.49. The molecule has 2 aromatic rings. The number of rotatable bonds is 6. The third-order valence-corrected chi connectivity index (χ3v) is 3.87. The van der Waals surface area contributed by atoms with Gasteiger partial charge in [-0.3, -0.25) is 0 Å². The minimum absolute atomic E-state index is 0.00509. The summed E-state index contributed by atoms with van der Waals surface area (Å²) in [6, 6.07) is 3.11. The van der Waals surface area contributed by atoms with Gasteiger partial charge in [-0.2, -0.15) is 0 Å². The Morgan fingerprint density at radius 3 is 2.60 bits per heavy atom. The maximum Gasteiger partial charge on any atom is 0.242 e. The van der Waals surface area contributed by atoms with Gasteiger partial charge in [0, 0.05) is 12.7 Å². The lowest BCUT2D eigenvalue weighted by Crippen LogP contribution is -2.23. The molecule has 7 nitrogen and oxygen atoms in total. The molecule has 0 aliphatic carbocycles. The molecule has 0 aromatic carbocycles. The van der Waals surface area contributed by atoms with Crippen molar-refractivity contribution in [1.29, 1.82) is 0 Å². The molecular weight excluding hydrogens is 280 g/mol. The molecule has 0 unspecified atom stereocenters. The summed E-state index contributed by atoms with van der Waals surface area (Å²) in [6.07, 6.45) is 2.84. The Kier molecular flexibility index (Phi) is 4.35. The summed E-state index contributed by atoms with van der Waals surface area (Å²) in [4.78, 5) is 8.06. The highest BCUT2D eigenvalue weighted by molar-refractivity contribution is 7.89. The Morgan fingerprint density at radius 2 is 2.05 bits per heavy atom. The van der Waals surface area contributed by atoms with Gasteiger partial charge in [-0.1, -0.05) is 0 Å². The molecule has 0 aliphatic heterocycles. The first-order valence-electron chi connectivity index (χ1n) is 6.12. The lowest BCUT2D eigenvalue weighted by Gasteiger charge is -2.06. The quantitative estimate of drug-likeness (QED) is 0.833. The molecule has 0 aliphatic rings. The van der Waals surface area contributed by atoms with Gasteiger partial charge in [0.25, 0.3) is 0 Å². The number of sulfonamides is 1. The third kappa shape index (κ3) is 3.55. The van der Waals surface area contributed by atoms with Crippen LogP contribution in [0.3, 0.4) is 0 Å². The summed E-state index contributed by atoms with van der Waals surface area (Å²) < 4.78 is 31.7. The summed E-state index contributed by atoms with van der Waals surface area (Å²) >= 11 is 0. The molecule has 2 aromatic heterocycles. The van der Waals surface area contributed by atoms with Crippen molar-refractivity contribution in [2.45, 2.75) is 25.3 Å². The van der Waals surface area contributed by atoms with Gasteiger partial charge < -0.3 is 9.73 Å². The molecule has 108 valence electrons. The van der Waals surface area contributed by atoms with Crippen molar-refractivity contribution < 1.29 is 12.8 Å². The first-order valence-corrected chi connectivity index (χ1v) is 7.60. The molecule has 20 heavy (non-hydrogen) atoms. The van der Waals surface area contributed by atoms with Crippen LogP contribution < -0.4 is 10.0 Å². The van der Waals surface area contributed by atoms with Gasteiger partial charge >= 0.3 is 0 Å². The molecule has 0 saturated carbocycles. The van der Waals surface area contributed by atoms with E-state index in [2.05, 4.69) is 20.0 Å². The Bertz CT molecular complexity index is 664. The van der Waals surface area contributed by atoms with Gasteiger partial charge in [0.05, 0.1) is 12.7 Å². The monoisotopic (exact) mass is 296 g/mol. The van der Waals surface area contributed by atoms with Gasteiger partial charge in [0.1, 0.15) is 16.5 Å². The van der Waals surface area contributed by atoms with E-state index in [0.717, 1.165) is 6.54 Å². The van der Waals surface area contributed by atoms with E-state index in [1.165, 1.54) is 18.5 Å². The van der Waals surface area contributed by atoms with Crippen molar-refractivity contribution in [3.05, 3.63) is 36.2 Å². The number of aryl methyl sites for hydroxylation is 1. The highest BCUT2D eigenvalue weighted by atomic mass is 32.2. The van der Waals surface area contributed by atoms with E-state index in [1.807, 2.05) is 6.92 Å². The van der Waals surface area contributed by atoms with Crippen LogP contribution in [0, 0.1) is 6.92 Å². The Morgan fingerprint density at radius 1 is 1.25 bits per heavy atom. The Hall–Kier alpha value is -1.93. The topological polar surface area (TPSA) is 97.1 Å². The van der Waals surface area contributed by atoms with Crippen LogP contribution in [0.1, 0.15) is 18.6 Å². The molecular formula is C12H16N4O3S. The van der Waals surface area contributed by atoms with Gasteiger partial charge in [-0.05, 0) is 26.0 Å². The minimum atomic E-state index is -3.62. The number of anilines is 1. The van der Waals surface area contributed by atoms with Crippen molar-refractivity contribution in [3.63, 3.8) is 0 Å². The molecule has 2 rings (SSSR count). The van der Waals surface area contributed by atoms with E-state index < -0.39 is 10.0 Å². The van der Waals surface area contributed by atoms with E-state index in [-0.39, 0.29) is 11.4 Å². The van der Waals surface area contributed by atoms with Crippen LogP contribution in [0.15, 0.2) is 33.8 Å². The zero-order chi connectivity index (χ0) is 14.6. The molecule has 0 amide bonds. The van der Waals surface area contributed by atoms with Crippen LogP contribution in [0.2, 0.25) is 0 Å². The van der Waals surface area contributed by atoms with Crippen LogP contribution in [-0.4, -0.2) is 24.9 Å². The number of oxazole rings is 1. The number of hydrogen-bond donors (Lipinski definition) is 2. The first-order chi connectivity index (χ1) is 9.51. The van der Waals surface area contributed by atoms with Crippen LogP contribution in [0.4, 0.5) is 5.82 Å². The molecule has 0 saturated heterocycles. The van der Waals surface area contributed by atoms with Crippen LogP contribution in [0.25, 0.3) is 0 Å². The van der Waals surface area contributed by atoms with E-state index in [1.54, 1.807) is 13.0 Å². The van der Waals surface area contributed by atoms with Crippen molar-refractivity contribution in [1.82, 2.24) is 14.7 Å². The Labute approximate surface area is 117 Å². The van der Waals surface area contributed by atoms with Crippen molar-refractivity contribution in [2.75, 3.05) is 11.9 Å². The smallest absolute Gasteiger partial charge is 0.242 e. The summed E-state index contributed by atoms with van der Waals surface area (Å²) in [7, 11) is -3.62. The second-order valence-corrected chi connectivity index (χ2v) is 5.87. The van der Waals surface area contributed by atoms with Crippen molar-refractivity contribution in [3.8, 4) is 0 Å². The fourth-order valence-corrected chi connectivity index (χ4v) is 2.47. The van der Waals surface area contributed by atoms with Gasteiger partial charge in [0.2, 0.25) is 15.9 Å². The molecule has 0 radical (unpaired) electrons. The maximum atomic E-state index is 12.0. The summed E-state index contributed by atoms with van der Waals surface area (Å²) in [5.41, 5.74) is 0. The van der Waals surface area contributed by atoms with Gasteiger partial charge in [-0.25, -0.2) is 23.1 Å². The van der Waals surface area contributed by atoms with Gasteiger partial charge in [0.15, 0.2) is 0 Å². The highest BCUT2D eigenvalue weighted by Crippen LogP contribution is 2.11. The van der Waals surface area contributed by atoms with Crippen LogP contribution in [0.5, 0.6) is 0 Å². The predicted molar refractivity (Wildman–Crippen MR) is 73.7 cm³/mol. The summed E-state index contributed by atoms with van der Waals surface area (Å²) in [5, 5.41) is 3.00. The lowest BCUT2D eigenvalue weighted by molar-refractivity contribution is 0.463. The van der Waals surface area contributed by atoms with Crippen molar-refractivity contribution >= 4 is 15.8 Å². The van der Waals surface area contributed by atoms with E-state index >= 15 is 0 Å². The zero-order valence-corrected chi connectivity index (χ0v) is 12.1. The minimum Gasteiger partial charge on any atom is -0.445 e. The number of nitrogens with one attached hydrogen (secondary N) is 2. The molecule has 0 bridgehead atoms. The zero-order valence-electron chi connectivity index (χ0n) is 11.3. The second-order valence-electron chi connectivity index (χ2n) is 4.10. The fourth-order valence-electron chi connectivity index (χ4n) is 1.55. The van der Waals surface area contributed by atoms with Crippen molar-refractivity contribution in [2.24, 2.45) is 0 Å². The normalized spacial score (nSPS) is 11.5. The second kappa shape index (κ2) is 6.02. The molecule has 0 spiro atoms. The molecule has 0 fully saturated rings. The molecule has 2 heterocycles. The average Bonchev–Trinajstić information content (AvgIpc) is 2.84. The predicted octanol–water partition coefficient (Wildman–Crippen LogP) is 1.29. The van der Waals surface area contributed by atoms with Crippen LogP contribution >= 0.6 is 0 Å².